The number of hydrogen-bond donors (Lipinski definition) is 1. The molecule has 0 bridgehead atoms. The molecule has 0 saturated carbocycles. The second-order valence-electron chi connectivity index (χ2n) is 6.34. The van der Waals surface area contributed by atoms with Crippen molar-refractivity contribution in [2.45, 2.75) is 18.9 Å². The first-order chi connectivity index (χ1) is 14.2. The maximum Gasteiger partial charge on any atom is 0.314 e. The fourth-order valence-corrected chi connectivity index (χ4v) is 2.90. The van der Waals surface area contributed by atoms with Crippen LogP contribution in [0.2, 0.25) is 0 Å². The van der Waals surface area contributed by atoms with E-state index in [2.05, 4.69) is 37.6 Å². The molecule has 0 saturated heterocycles. The second kappa shape index (κ2) is 8.55. The molecule has 0 aliphatic rings. The normalized spacial score (nSPS) is 12.1. The smallest absolute Gasteiger partial charge is 0.314 e. The topological polar surface area (TPSA) is 76.7 Å². The molecular formula is C21H17F2N5O. The summed E-state index contributed by atoms with van der Waals surface area (Å²) in [5, 5.41) is 10.3. The molecule has 0 aliphatic heterocycles. The first-order valence-corrected chi connectivity index (χ1v) is 8.98. The maximum atomic E-state index is 12.6. The third-order valence-electron chi connectivity index (χ3n) is 4.31. The van der Waals surface area contributed by atoms with Crippen LogP contribution >= 0.6 is 0 Å². The summed E-state index contributed by atoms with van der Waals surface area (Å²) in [4.78, 5) is 8.56. The van der Waals surface area contributed by atoms with Crippen molar-refractivity contribution in [1.29, 1.82) is 0 Å². The highest BCUT2D eigenvalue weighted by molar-refractivity contribution is 5.50. The van der Waals surface area contributed by atoms with Gasteiger partial charge in [0.25, 0.3) is 11.8 Å². The number of aromatic nitrogens is 4. The minimum atomic E-state index is -2.82. The first-order valence-electron chi connectivity index (χ1n) is 8.98. The summed E-state index contributed by atoms with van der Waals surface area (Å²) in [7, 11) is 0. The van der Waals surface area contributed by atoms with Crippen molar-refractivity contribution in [1.82, 2.24) is 20.2 Å². The Bertz CT molecular complexity index is 1040. The Hall–Kier alpha value is -3.68. The zero-order valence-electron chi connectivity index (χ0n) is 15.2. The quantitative estimate of drug-likeness (QED) is 0.483. The summed E-state index contributed by atoms with van der Waals surface area (Å²) in [6.45, 7) is 0. The molecule has 6 nitrogen and oxygen atoms in total. The highest BCUT2D eigenvalue weighted by atomic mass is 19.3. The lowest BCUT2D eigenvalue weighted by Crippen LogP contribution is -2.15. The van der Waals surface area contributed by atoms with E-state index < -0.39 is 12.3 Å². The van der Waals surface area contributed by atoms with E-state index in [0.29, 0.717) is 11.5 Å². The van der Waals surface area contributed by atoms with Gasteiger partial charge in [-0.2, -0.15) is 8.78 Å². The number of rotatable bonds is 7. The fraction of sp³-hybridized carbons (Fsp3) is 0.143. The van der Waals surface area contributed by atoms with Crippen LogP contribution in [0.4, 0.5) is 14.7 Å². The molecular weight excluding hydrogens is 376 g/mol. The molecule has 1 unspecified atom stereocenters. The van der Waals surface area contributed by atoms with Gasteiger partial charge < -0.3 is 9.73 Å². The van der Waals surface area contributed by atoms with Crippen molar-refractivity contribution in [2.24, 2.45) is 0 Å². The number of alkyl halides is 2. The summed E-state index contributed by atoms with van der Waals surface area (Å²) in [5.74, 6) is -0.364. The number of halogens is 2. The van der Waals surface area contributed by atoms with E-state index in [1.54, 1.807) is 0 Å². The summed E-state index contributed by atoms with van der Waals surface area (Å²) < 4.78 is 30.1. The van der Waals surface area contributed by atoms with Gasteiger partial charge in [0.15, 0.2) is 0 Å². The number of anilines is 1. The van der Waals surface area contributed by atoms with Gasteiger partial charge in [0.2, 0.25) is 5.95 Å². The summed E-state index contributed by atoms with van der Waals surface area (Å²) in [6, 6.07) is 20.1. The summed E-state index contributed by atoms with van der Waals surface area (Å²) in [5.41, 5.74) is 2.65. The lowest BCUT2D eigenvalue weighted by Gasteiger charge is -2.19. The van der Waals surface area contributed by atoms with E-state index in [0.717, 1.165) is 12.0 Å². The lowest BCUT2D eigenvalue weighted by molar-refractivity contribution is 0.116. The Morgan fingerprint density at radius 2 is 1.52 bits per heavy atom. The molecule has 146 valence electrons. The van der Waals surface area contributed by atoms with E-state index in [9.17, 15) is 8.78 Å². The molecule has 0 amide bonds. The SMILES string of the molecule is FC(F)c1nnc(-c2cnc(NC(Cc3ccccc3)c3ccccc3)nc2)o1. The van der Waals surface area contributed by atoms with Crippen molar-refractivity contribution in [2.75, 3.05) is 5.32 Å². The maximum absolute atomic E-state index is 12.6. The molecule has 0 spiro atoms. The number of benzene rings is 2. The Kier molecular flexibility index (Phi) is 5.51. The van der Waals surface area contributed by atoms with Crippen LogP contribution in [0.5, 0.6) is 0 Å². The average Bonchev–Trinajstić information content (AvgIpc) is 3.26. The van der Waals surface area contributed by atoms with Crippen LogP contribution in [0.3, 0.4) is 0 Å². The molecule has 0 radical (unpaired) electrons. The van der Waals surface area contributed by atoms with E-state index in [4.69, 9.17) is 4.42 Å². The zero-order chi connectivity index (χ0) is 20.1. The molecule has 4 aromatic rings. The molecule has 1 atom stereocenters. The van der Waals surface area contributed by atoms with E-state index in [1.165, 1.54) is 18.0 Å². The minimum absolute atomic E-state index is 0.0432. The van der Waals surface area contributed by atoms with Gasteiger partial charge in [0.1, 0.15) is 0 Å². The van der Waals surface area contributed by atoms with E-state index in [1.807, 2.05) is 48.5 Å². The Morgan fingerprint density at radius 3 is 2.14 bits per heavy atom. The molecule has 4 rings (SSSR count). The summed E-state index contributed by atoms with van der Waals surface area (Å²) >= 11 is 0. The highest BCUT2D eigenvalue weighted by Crippen LogP contribution is 2.24. The monoisotopic (exact) mass is 393 g/mol. The Balaban J connectivity index is 1.54. The van der Waals surface area contributed by atoms with Crippen LogP contribution in [-0.4, -0.2) is 20.2 Å². The largest absolute Gasteiger partial charge is 0.415 e. The van der Waals surface area contributed by atoms with Gasteiger partial charge in [-0.3, -0.25) is 0 Å². The number of nitrogens with one attached hydrogen (secondary N) is 1. The van der Waals surface area contributed by atoms with Gasteiger partial charge in [-0.05, 0) is 17.5 Å². The van der Waals surface area contributed by atoms with Crippen LogP contribution in [0.25, 0.3) is 11.5 Å². The zero-order valence-corrected chi connectivity index (χ0v) is 15.2. The average molecular weight is 393 g/mol. The molecule has 29 heavy (non-hydrogen) atoms. The minimum Gasteiger partial charge on any atom is -0.415 e. The number of nitrogens with zero attached hydrogens (tertiary/aromatic N) is 4. The third-order valence-corrected chi connectivity index (χ3v) is 4.31. The van der Waals surface area contributed by atoms with Gasteiger partial charge >= 0.3 is 6.43 Å². The third kappa shape index (κ3) is 4.60. The Morgan fingerprint density at radius 1 is 0.862 bits per heavy atom. The number of hydrogen-bond acceptors (Lipinski definition) is 6. The van der Waals surface area contributed by atoms with Crippen LogP contribution in [0.15, 0.2) is 77.5 Å². The molecule has 2 heterocycles. The van der Waals surface area contributed by atoms with Crippen LogP contribution in [0.1, 0.15) is 29.5 Å². The molecule has 8 heteroatoms. The standard InChI is InChI=1S/C21H17F2N5O/c22-18(23)20-28-27-19(29-20)16-12-24-21(25-13-16)26-17(15-9-5-2-6-10-15)11-14-7-3-1-4-8-14/h1-10,12-13,17-18H,11H2,(H,24,25,26). The van der Waals surface area contributed by atoms with Crippen molar-refractivity contribution in [3.8, 4) is 11.5 Å². The van der Waals surface area contributed by atoms with Crippen molar-refractivity contribution in [3.63, 3.8) is 0 Å². The predicted octanol–water partition coefficient (Wildman–Crippen LogP) is 4.86. The second-order valence-corrected chi connectivity index (χ2v) is 6.34. The molecule has 0 fully saturated rings. The van der Waals surface area contributed by atoms with Gasteiger partial charge in [-0.15, -0.1) is 10.2 Å². The van der Waals surface area contributed by atoms with Gasteiger partial charge in [-0.1, -0.05) is 60.7 Å². The molecule has 0 aliphatic carbocycles. The van der Waals surface area contributed by atoms with Crippen molar-refractivity contribution < 1.29 is 13.2 Å². The van der Waals surface area contributed by atoms with Crippen molar-refractivity contribution in [3.05, 3.63) is 90.1 Å². The van der Waals surface area contributed by atoms with Gasteiger partial charge in [-0.25, -0.2) is 9.97 Å². The first kappa shape index (κ1) is 18.7. The van der Waals surface area contributed by atoms with Crippen molar-refractivity contribution >= 4 is 5.95 Å². The molecule has 1 N–H and O–H groups in total. The molecule has 2 aromatic carbocycles. The fourth-order valence-electron chi connectivity index (χ4n) is 2.90. The Labute approximate surface area is 165 Å². The van der Waals surface area contributed by atoms with Gasteiger partial charge in [0.05, 0.1) is 11.6 Å². The predicted molar refractivity (Wildman–Crippen MR) is 103 cm³/mol. The highest BCUT2D eigenvalue weighted by Gasteiger charge is 2.18. The van der Waals surface area contributed by atoms with E-state index >= 15 is 0 Å². The molecule has 2 aromatic heterocycles. The van der Waals surface area contributed by atoms with Crippen LogP contribution in [-0.2, 0) is 6.42 Å². The van der Waals surface area contributed by atoms with Gasteiger partial charge in [0, 0.05) is 12.4 Å². The van der Waals surface area contributed by atoms with E-state index in [-0.39, 0.29) is 11.9 Å². The van der Waals surface area contributed by atoms with Crippen LogP contribution < -0.4 is 5.32 Å². The lowest BCUT2D eigenvalue weighted by atomic mass is 9.99. The van der Waals surface area contributed by atoms with Crippen LogP contribution in [0, 0.1) is 0 Å². The summed E-state index contributed by atoms with van der Waals surface area (Å²) in [6.07, 6.45) is 0.852.